The molecule has 1 fully saturated rings. The van der Waals surface area contributed by atoms with Crippen LogP contribution in [0.25, 0.3) is 10.6 Å². The van der Waals surface area contributed by atoms with E-state index in [-0.39, 0.29) is 5.91 Å². The van der Waals surface area contributed by atoms with E-state index in [1.165, 1.54) is 11.3 Å². The molecule has 0 radical (unpaired) electrons. The van der Waals surface area contributed by atoms with Crippen molar-refractivity contribution in [1.82, 2.24) is 14.9 Å². The second kappa shape index (κ2) is 8.08. The minimum atomic E-state index is -0.535. The molecule has 1 aromatic carbocycles. The summed E-state index contributed by atoms with van der Waals surface area (Å²) in [6.07, 6.45) is 3.33. The molecule has 3 heterocycles. The average molecular weight is 395 g/mol. The van der Waals surface area contributed by atoms with E-state index < -0.39 is 6.10 Å². The van der Waals surface area contributed by atoms with Crippen molar-refractivity contribution in [2.24, 2.45) is 0 Å². The van der Waals surface area contributed by atoms with E-state index in [2.05, 4.69) is 15.3 Å². The van der Waals surface area contributed by atoms with Crippen molar-refractivity contribution in [2.45, 2.75) is 25.9 Å². The maximum atomic E-state index is 12.6. The molecule has 2 aromatic heterocycles. The van der Waals surface area contributed by atoms with Crippen LogP contribution in [-0.4, -0.2) is 39.0 Å². The molecule has 3 aromatic rings. The Balaban J connectivity index is 1.53. The van der Waals surface area contributed by atoms with Crippen LogP contribution in [0.2, 0.25) is 0 Å². The number of carbonyl (C=O) groups excluding carboxylic acids is 1. The number of aromatic nitrogens is 2. The van der Waals surface area contributed by atoms with E-state index in [1.807, 2.05) is 46.7 Å². The molecule has 0 saturated carbocycles. The van der Waals surface area contributed by atoms with Gasteiger partial charge in [-0.1, -0.05) is 12.1 Å². The van der Waals surface area contributed by atoms with E-state index in [9.17, 15) is 9.90 Å². The number of anilines is 2. The van der Waals surface area contributed by atoms with Crippen LogP contribution in [-0.2, 0) is 0 Å². The maximum Gasteiger partial charge on any atom is 0.254 e. The Labute approximate surface area is 167 Å². The Hall–Kier alpha value is -2.77. The van der Waals surface area contributed by atoms with Gasteiger partial charge >= 0.3 is 0 Å². The van der Waals surface area contributed by atoms with Gasteiger partial charge in [-0.25, -0.2) is 9.97 Å². The van der Waals surface area contributed by atoms with Crippen molar-refractivity contribution in [3.8, 4) is 10.6 Å². The van der Waals surface area contributed by atoms with Crippen molar-refractivity contribution in [3.63, 3.8) is 0 Å². The summed E-state index contributed by atoms with van der Waals surface area (Å²) in [6, 6.07) is 11.3. The molecule has 1 unspecified atom stereocenters. The highest BCUT2D eigenvalue weighted by Gasteiger charge is 2.21. The summed E-state index contributed by atoms with van der Waals surface area (Å²) in [6.45, 7) is 3.42. The fourth-order valence-corrected chi connectivity index (χ4v) is 4.10. The molecule has 28 heavy (non-hydrogen) atoms. The molecule has 2 N–H and O–H groups in total. The highest BCUT2D eigenvalue weighted by molar-refractivity contribution is 7.13. The number of hydrogen-bond donors (Lipinski definition) is 2. The summed E-state index contributed by atoms with van der Waals surface area (Å²) in [7, 11) is 0. The van der Waals surface area contributed by atoms with E-state index >= 15 is 0 Å². The third-order valence-corrected chi connectivity index (χ3v) is 5.73. The molecule has 1 atom stereocenters. The molecule has 0 bridgehead atoms. The molecule has 0 spiro atoms. The smallest absolute Gasteiger partial charge is 0.254 e. The van der Waals surface area contributed by atoms with Gasteiger partial charge in [0.15, 0.2) is 0 Å². The van der Waals surface area contributed by atoms with Crippen molar-refractivity contribution in [1.29, 1.82) is 0 Å². The summed E-state index contributed by atoms with van der Waals surface area (Å²) in [5.74, 6) is 0.573. The van der Waals surface area contributed by atoms with Gasteiger partial charge in [-0.05, 0) is 49.6 Å². The zero-order valence-electron chi connectivity index (χ0n) is 15.6. The Kier molecular flexibility index (Phi) is 5.36. The number of rotatable bonds is 5. The number of likely N-dealkylation sites (tertiary alicyclic amines) is 1. The normalized spacial score (nSPS) is 14.9. The molecule has 7 heteroatoms. The van der Waals surface area contributed by atoms with Crippen LogP contribution in [0.15, 0.2) is 48.0 Å². The first kappa shape index (κ1) is 18.6. The van der Waals surface area contributed by atoms with Gasteiger partial charge in [-0.15, -0.1) is 11.3 Å². The molecule has 6 nitrogen and oxygen atoms in total. The molecular formula is C21H22N4O2S. The van der Waals surface area contributed by atoms with Gasteiger partial charge in [0.1, 0.15) is 0 Å². The third kappa shape index (κ3) is 4.05. The first-order valence-electron chi connectivity index (χ1n) is 9.36. The number of amides is 1. The number of aliphatic hydroxyl groups is 1. The molecule has 144 valence electrons. The summed E-state index contributed by atoms with van der Waals surface area (Å²) in [5.41, 5.74) is 3.13. The lowest BCUT2D eigenvalue weighted by molar-refractivity contribution is 0.0793. The number of thiophene rings is 1. The lowest BCUT2D eigenvalue weighted by Gasteiger charge is -2.13. The number of aliphatic hydroxyl groups excluding tert-OH is 1. The zero-order chi connectivity index (χ0) is 19.5. The van der Waals surface area contributed by atoms with Gasteiger partial charge in [-0.2, -0.15) is 0 Å². The number of nitrogens with zero attached hydrogens (tertiary/aromatic N) is 3. The van der Waals surface area contributed by atoms with Gasteiger partial charge in [0.05, 0.1) is 22.2 Å². The van der Waals surface area contributed by atoms with Crippen LogP contribution >= 0.6 is 11.3 Å². The Morgan fingerprint density at radius 2 is 2.07 bits per heavy atom. The first-order valence-corrected chi connectivity index (χ1v) is 10.2. The molecule has 4 rings (SSSR count). The van der Waals surface area contributed by atoms with Gasteiger partial charge in [0, 0.05) is 30.4 Å². The number of carbonyl (C=O) groups is 1. The lowest BCUT2D eigenvalue weighted by atomic mass is 10.1. The Morgan fingerprint density at radius 3 is 2.86 bits per heavy atom. The van der Waals surface area contributed by atoms with Crippen LogP contribution in [0.5, 0.6) is 0 Å². The van der Waals surface area contributed by atoms with Crippen LogP contribution in [0, 0.1) is 0 Å². The monoisotopic (exact) mass is 394 g/mol. The van der Waals surface area contributed by atoms with E-state index in [0.717, 1.165) is 53.3 Å². The van der Waals surface area contributed by atoms with Gasteiger partial charge in [0.2, 0.25) is 5.95 Å². The van der Waals surface area contributed by atoms with Crippen molar-refractivity contribution in [3.05, 3.63) is 59.1 Å². The average Bonchev–Trinajstić information content (AvgIpc) is 3.40. The van der Waals surface area contributed by atoms with Crippen molar-refractivity contribution >= 4 is 28.9 Å². The first-order chi connectivity index (χ1) is 13.6. The highest BCUT2D eigenvalue weighted by atomic mass is 32.1. The lowest BCUT2D eigenvalue weighted by Crippen LogP contribution is -2.27. The third-order valence-electron chi connectivity index (χ3n) is 4.77. The van der Waals surface area contributed by atoms with Crippen LogP contribution in [0.3, 0.4) is 0 Å². The predicted molar refractivity (Wildman–Crippen MR) is 111 cm³/mol. The fraction of sp³-hybridized carbons (Fsp3) is 0.286. The van der Waals surface area contributed by atoms with Gasteiger partial charge in [0.25, 0.3) is 5.91 Å². The van der Waals surface area contributed by atoms with Gasteiger partial charge in [-0.3, -0.25) is 4.79 Å². The minimum Gasteiger partial charge on any atom is -0.389 e. The molecule has 1 aliphatic heterocycles. The Morgan fingerprint density at radius 1 is 1.25 bits per heavy atom. The SMILES string of the molecule is CC(O)c1cccc(Nc2nccc(-c3cc(C(=O)N4CCCC4)cs3)n2)c1. The van der Waals surface area contributed by atoms with E-state index in [0.29, 0.717) is 5.95 Å². The summed E-state index contributed by atoms with van der Waals surface area (Å²) < 4.78 is 0. The summed E-state index contributed by atoms with van der Waals surface area (Å²) in [4.78, 5) is 24.3. The number of benzene rings is 1. The van der Waals surface area contributed by atoms with Crippen molar-refractivity contribution in [2.75, 3.05) is 18.4 Å². The molecule has 1 saturated heterocycles. The van der Waals surface area contributed by atoms with Gasteiger partial charge < -0.3 is 15.3 Å². The zero-order valence-corrected chi connectivity index (χ0v) is 16.4. The van der Waals surface area contributed by atoms with Crippen LogP contribution < -0.4 is 5.32 Å². The molecular weight excluding hydrogens is 372 g/mol. The van der Waals surface area contributed by atoms with E-state index in [1.54, 1.807) is 13.1 Å². The molecule has 1 aliphatic rings. The largest absolute Gasteiger partial charge is 0.389 e. The Bertz CT molecular complexity index is 980. The second-order valence-corrected chi connectivity index (χ2v) is 7.80. The number of hydrogen-bond acceptors (Lipinski definition) is 6. The molecule has 0 aliphatic carbocycles. The fourth-order valence-electron chi connectivity index (χ4n) is 3.25. The maximum absolute atomic E-state index is 12.6. The highest BCUT2D eigenvalue weighted by Crippen LogP contribution is 2.28. The van der Waals surface area contributed by atoms with E-state index in [4.69, 9.17) is 0 Å². The van der Waals surface area contributed by atoms with Crippen LogP contribution in [0.1, 0.15) is 41.8 Å². The summed E-state index contributed by atoms with van der Waals surface area (Å²) >= 11 is 1.51. The predicted octanol–water partition coefficient (Wildman–Crippen LogP) is 4.24. The van der Waals surface area contributed by atoms with Crippen LogP contribution in [0.4, 0.5) is 11.6 Å². The van der Waals surface area contributed by atoms with Crippen molar-refractivity contribution < 1.29 is 9.90 Å². The molecule has 1 amide bonds. The summed E-state index contributed by atoms with van der Waals surface area (Å²) in [5, 5.41) is 14.8. The minimum absolute atomic E-state index is 0.0994. The standard InChI is InChI=1S/C21H22N4O2S/c1-14(26)15-5-4-6-17(11-15)23-21-22-8-7-18(24-21)19-12-16(13-28-19)20(27)25-9-2-3-10-25/h4-8,11-14,26H,2-3,9-10H2,1H3,(H,22,23,24). The number of nitrogens with one attached hydrogen (secondary N) is 1. The quantitative estimate of drug-likeness (QED) is 0.677. The topological polar surface area (TPSA) is 78.3 Å². The second-order valence-electron chi connectivity index (χ2n) is 6.89.